The molecule has 0 unspecified atom stereocenters. The summed E-state index contributed by atoms with van der Waals surface area (Å²) in [5, 5.41) is 0.580. The third-order valence-corrected chi connectivity index (χ3v) is 7.60. The molecule has 1 aromatic rings. The van der Waals surface area contributed by atoms with E-state index < -0.39 is 10.2 Å². The number of carbonyl (C=O) groups is 1. The number of ether oxygens (including phenoxy) is 2. The van der Waals surface area contributed by atoms with Crippen LogP contribution in [-0.2, 0) is 14.9 Å². The summed E-state index contributed by atoms with van der Waals surface area (Å²) in [5.74, 6) is 0.655. The Morgan fingerprint density at radius 3 is 2.20 bits per heavy atom. The summed E-state index contributed by atoms with van der Waals surface area (Å²) in [6.45, 7) is 6.69. The van der Waals surface area contributed by atoms with E-state index in [0.29, 0.717) is 69.8 Å². The van der Waals surface area contributed by atoms with E-state index in [2.05, 4.69) is 4.90 Å². The van der Waals surface area contributed by atoms with Crippen LogP contribution in [0.1, 0.15) is 6.92 Å². The van der Waals surface area contributed by atoms with E-state index in [9.17, 15) is 13.2 Å². The van der Waals surface area contributed by atoms with Gasteiger partial charge in [0.05, 0.1) is 11.6 Å². The molecule has 168 valence electrons. The fraction of sp³-hybridized carbons (Fsp3) is 0.632. The van der Waals surface area contributed by atoms with Crippen molar-refractivity contribution in [3.8, 4) is 5.75 Å². The number of nitrogens with zero attached hydrogens (tertiary/aromatic N) is 4. The Morgan fingerprint density at radius 2 is 1.60 bits per heavy atom. The van der Waals surface area contributed by atoms with E-state index >= 15 is 0 Å². The van der Waals surface area contributed by atoms with Crippen molar-refractivity contribution in [2.45, 2.75) is 6.92 Å². The van der Waals surface area contributed by atoms with Crippen molar-refractivity contribution in [2.75, 3.05) is 72.1 Å². The van der Waals surface area contributed by atoms with E-state index in [1.165, 1.54) is 8.61 Å². The lowest BCUT2D eigenvalue weighted by Crippen LogP contribution is -2.57. The largest absolute Gasteiger partial charge is 0.491 e. The lowest BCUT2D eigenvalue weighted by molar-refractivity contribution is 0.0914. The average Bonchev–Trinajstić information content (AvgIpc) is 2.76. The third kappa shape index (κ3) is 5.76. The Hall–Kier alpha value is -1.59. The van der Waals surface area contributed by atoms with Gasteiger partial charge in [0.1, 0.15) is 12.4 Å². The van der Waals surface area contributed by atoms with Crippen molar-refractivity contribution in [1.82, 2.24) is 18.4 Å². The number of halogens is 1. The Morgan fingerprint density at radius 1 is 1.00 bits per heavy atom. The van der Waals surface area contributed by atoms with Crippen LogP contribution in [0, 0.1) is 0 Å². The second-order valence-corrected chi connectivity index (χ2v) is 9.45. The van der Waals surface area contributed by atoms with Gasteiger partial charge in [-0.1, -0.05) is 23.7 Å². The third-order valence-electron chi connectivity index (χ3n) is 5.25. The number of rotatable bonds is 7. The van der Waals surface area contributed by atoms with Crippen LogP contribution in [0.5, 0.6) is 5.75 Å². The van der Waals surface area contributed by atoms with Gasteiger partial charge in [-0.3, -0.25) is 4.90 Å². The fourth-order valence-electron chi connectivity index (χ4n) is 3.51. The minimum absolute atomic E-state index is 0.285. The summed E-state index contributed by atoms with van der Waals surface area (Å²) in [7, 11) is -3.53. The van der Waals surface area contributed by atoms with E-state index in [-0.39, 0.29) is 19.2 Å². The molecule has 2 heterocycles. The number of hydrogen-bond acceptors (Lipinski definition) is 6. The molecule has 2 fully saturated rings. The van der Waals surface area contributed by atoms with Crippen molar-refractivity contribution in [3.63, 3.8) is 0 Å². The fourth-order valence-corrected chi connectivity index (χ4v) is 5.28. The van der Waals surface area contributed by atoms with Gasteiger partial charge in [0.2, 0.25) is 0 Å². The van der Waals surface area contributed by atoms with Crippen molar-refractivity contribution < 1.29 is 22.7 Å². The molecule has 0 aliphatic carbocycles. The minimum Gasteiger partial charge on any atom is -0.491 e. The van der Waals surface area contributed by atoms with Crippen LogP contribution in [0.2, 0.25) is 5.02 Å². The lowest BCUT2D eigenvalue weighted by Gasteiger charge is -2.39. The zero-order valence-electron chi connectivity index (χ0n) is 17.2. The van der Waals surface area contributed by atoms with Crippen LogP contribution >= 0.6 is 11.6 Å². The molecule has 0 radical (unpaired) electrons. The smallest absolute Gasteiger partial charge is 0.409 e. The molecule has 9 nitrogen and oxygen atoms in total. The second kappa shape index (κ2) is 10.6. The molecule has 0 spiro atoms. The van der Waals surface area contributed by atoms with Gasteiger partial charge in [-0.2, -0.15) is 17.0 Å². The monoisotopic (exact) mass is 460 g/mol. The molecule has 0 aromatic heterocycles. The van der Waals surface area contributed by atoms with Gasteiger partial charge in [0, 0.05) is 58.9 Å². The van der Waals surface area contributed by atoms with Crippen LogP contribution < -0.4 is 4.74 Å². The SMILES string of the molecule is CCOC(=O)N1CCN(S(=O)(=O)N2CCN(CCOc3ccccc3Cl)CC2)CC1. The first-order valence-electron chi connectivity index (χ1n) is 10.2. The van der Waals surface area contributed by atoms with Gasteiger partial charge in [-0.05, 0) is 19.1 Å². The van der Waals surface area contributed by atoms with E-state index in [4.69, 9.17) is 21.1 Å². The number of amides is 1. The first-order valence-corrected chi connectivity index (χ1v) is 12.0. The first-order chi connectivity index (χ1) is 14.4. The molecule has 2 aliphatic heterocycles. The van der Waals surface area contributed by atoms with Gasteiger partial charge < -0.3 is 14.4 Å². The van der Waals surface area contributed by atoms with Gasteiger partial charge >= 0.3 is 6.09 Å². The maximum absolute atomic E-state index is 12.9. The van der Waals surface area contributed by atoms with Crippen LogP contribution in [0.3, 0.4) is 0 Å². The van der Waals surface area contributed by atoms with Crippen LogP contribution in [0.15, 0.2) is 24.3 Å². The Labute approximate surface area is 183 Å². The highest BCUT2D eigenvalue weighted by Crippen LogP contribution is 2.23. The summed E-state index contributed by atoms with van der Waals surface area (Å²) in [6, 6.07) is 7.34. The second-order valence-electron chi connectivity index (χ2n) is 7.11. The lowest BCUT2D eigenvalue weighted by atomic mass is 10.3. The topological polar surface area (TPSA) is 82.6 Å². The average molecular weight is 461 g/mol. The van der Waals surface area contributed by atoms with E-state index in [0.717, 1.165) is 0 Å². The maximum Gasteiger partial charge on any atom is 0.409 e. The summed E-state index contributed by atoms with van der Waals surface area (Å²) in [5.41, 5.74) is 0. The quantitative estimate of drug-likeness (QED) is 0.611. The molecule has 0 bridgehead atoms. The molecular formula is C19H29ClN4O5S. The van der Waals surface area contributed by atoms with Crippen molar-refractivity contribution >= 4 is 27.9 Å². The molecule has 3 rings (SSSR count). The maximum atomic E-state index is 12.9. The number of hydrogen-bond donors (Lipinski definition) is 0. The predicted molar refractivity (Wildman–Crippen MR) is 114 cm³/mol. The molecule has 0 saturated carbocycles. The molecule has 2 saturated heterocycles. The molecule has 0 atom stereocenters. The number of para-hydroxylation sites is 1. The van der Waals surface area contributed by atoms with E-state index in [1.807, 2.05) is 18.2 Å². The first kappa shape index (κ1) is 23.1. The number of carbonyl (C=O) groups excluding carboxylic acids is 1. The molecule has 11 heteroatoms. The molecule has 2 aliphatic rings. The molecular weight excluding hydrogens is 432 g/mol. The highest BCUT2D eigenvalue weighted by atomic mass is 35.5. The molecule has 1 amide bonds. The predicted octanol–water partition coefficient (Wildman–Crippen LogP) is 1.36. The normalized spacial score (nSPS) is 19.6. The molecule has 1 aromatic carbocycles. The molecule has 0 N–H and O–H groups in total. The van der Waals surface area contributed by atoms with Crippen molar-refractivity contribution in [3.05, 3.63) is 29.3 Å². The number of piperazine rings is 2. The van der Waals surface area contributed by atoms with E-state index in [1.54, 1.807) is 17.9 Å². The standard InChI is InChI=1S/C19H29ClN4O5S/c1-2-28-19(25)22-9-13-24(14-10-22)30(26,27)23-11-7-21(8-12-23)15-16-29-18-6-4-3-5-17(18)20/h3-6H,2,7-16H2,1H3. The van der Waals surface area contributed by atoms with Crippen LogP contribution in [0.25, 0.3) is 0 Å². The summed E-state index contributed by atoms with van der Waals surface area (Å²) < 4.78 is 39.6. The van der Waals surface area contributed by atoms with Crippen molar-refractivity contribution in [1.29, 1.82) is 0 Å². The van der Waals surface area contributed by atoms with Crippen molar-refractivity contribution in [2.24, 2.45) is 0 Å². The Kier molecular flexibility index (Phi) is 8.18. The van der Waals surface area contributed by atoms with Crippen LogP contribution in [0.4, 0.5) is 4.79 Å². The zero-order valence-corrected chi connectivity index (χ0v) is 18.8. The number of benzene rings is 1. The summed E-state index contributed by atoms with van der Waals surface area (Å²) in [6.07, 6.45) is -0.387. The van der Waals surface area contributed by atoms with Gasteiger partial charge in [0.25, 0.3) is 10.2 Å². The van der Waals surface area contributed by atoms with Gasteiger partial charge in [-0.15, -0.1) is 0 Å². The molecule has 30 heavy (non-hydrogen) atoms. The highest BCUT2D eigenvalue weighted by molar-refractivity contribution is 7.86. The summed E-state index contributed by atoms with van der Waals surface area (Å²) in [4.78, 5) is 15.5. The van der Waals surface area contributed by atoms with Gasteiger partial charge in [-0.25, -0.2) is 4.79 Å². The summed E-state index contributed by atoms with van der Waals surface area (Å²) >= 11 is 6.09. The van der Waals surface area contributed by atoms with Gasteiger partial charge in [0.15, 0.2) is 0 Å². The minimum atomic E-state index is -3.53. The Bertz CT molecular complexity index is 809. The Balaban J connectivity index is 1.42. The zero-order chi connectivity index (χ0) is 21.6. The highest BCUT2D eigenvalue weighted by Gasteiger charge is 2.35. The van der Waals surface area contributed by atoms with Crippen LogP contribution in [-0.4, -0.2) is 105 Å².